The van der Waals surface area contributed by atoms with Crippen molar-refractivity contribution in [3.63, 3.8) is 0 Å². The van der Waals surface area contributed by atoms with E-state index in [9.17, 15) is 0 Å². The molecule has 0 saturated heterocycles. The number of nitrogens with zero attached hydrogens (tertiary/aromatic N) is 1. The molecule has 0 aliphatic rings. The van der Waals surface area contributed by atoms with E-state index in [2.05, 4.69) is 41.6 Å². The van der Waals surface area contributed by atoms with Gasteiger partial charge in [-0.2, -0.15) is 0 Å². The molecule has 112 valence electrons. The van der Waals surface area contributed by atoms with Gasteiger partial charge in [0.25, 0.3) is 0 Å². The Balaban J connectivity index is 2.46. The molecule has 4 nitrogen and oxygen atoms in total. The Morgan fingerprint density at radius 2 is 1.70 bits per heavy atom. The first kappa shape index (κ1) is 16.3. The van der Waals surface area contributed by atoms with Gasteiger partial charge in [0, 0.05) is 19.6 Å². The quantitative estimate of drug-likeness (QED) is 0.595. The van der Waals surface area contributed by atoms with Crippen LogP contribution in [0.1, 0.15) is 33.3 Å². The smallest absolute Gasteiger partial charge is 0.191 e. The van der Waals surface area contributed by atoms with Gasteiger partial charge in [-0.15, -0.1) is 0 Å². The lowest BCUT2D eigenvalue weighted by molar-refractivity contribution is 0.242. The third kappa shape index (κ3) is 6.45. The van der Waals surface area contributed by atoms with Crippen LogP contribution in [0.3, 0.4) is 0 Å². The summed E-state index contributed by atoms with van der Waals surface area (Å²) in [7, 11) is 0. The largest absolute Gasteiger partial charge is 0.491 e. The number of guanidine groups is 1. The summed E-state index contributed by atoms with van der Waals surface area (Å²) in [5.74, 6) is 1.81. The van der Waals surface area contributed by atoms with Crippen molar-refractivity contribution in [2.24, 2.45) is 4.99 Å². The van der Waals surface area contributed by atoms with Crippen LogP contribution >= 0.6 is 0 Å². The number of hydrogen-bond donors (Lipinski definition) is 2. The van der Waals surface area contributed by atoms with Gasteiger partial charge in [0.15, 0.2) is 5.96 Å². The van der Waals surface area contributed by atoms with Crippen molar-refractivity contribution in [2.75, 3.05) is 19.6 Å². The molecule has 20 heavy (non-hydrogen) atoms. The van der Waals surface area contributed by atoms with E-state index < -0.39 is 0 Å². The average molecular weight is 277 g/mol. The van der Waals surface area contributed by atoms with Crippen molar-refractivity contribution in [3.05, 3.63) is 29.8 Å². The van der Waals surface area contributed by atoms with Gasteiger partial charge in [0.05, 0.1) is 6.10 Å². The molecule has 2 N–H and O–H groups in total. The maximum atomic E-state index is 5.63. The minimum Gasteiger partial charge on any atom is -0.491 e. The average Bonchev–Trinajstić information content (AvgIpc) is 2.40. The van der Waals surface area contributed by atoms with Crippen molar-refractivity contribution in [2.45, 2.75) is 40.2 Å². The topological polar surface area (TPSA) is 45.7 Å². The van der Waals surface area contributed by atoms with Crippen molar-refractivity contribution < 1.29 is 4.74 Å². The molecule has 0 fully saturated rings. The van der Waals surface area contributed by atoms with Gasteiger partial charge in [-0.25, -0.2) is 0 Å². The standard InChI is InChI=1S/C16H27N3O/c1-5-17-16(18-6-2)19-12-11-14-7-9-15(10-8-14)20-13(3)4/h7-10,13H,5-6,11-12H2,1-4H3,(H2,17,18,19). The summed E-state index contributed by atoms with van der Waals surface area (Å²) in [5.41, 5.74) is 1.28. The first-order valence-corrected chi connectivity index (χ1v) is 7.43. The highest BCUT2D eigenvalue weighted by Crippen LogP contribution is 2.14. The fourth-order valence-corrected chi connectivity index (χ4v) is 1.81. The lowest BCUT2D eigenvalue weighted by Crippen LogP contribution is -2.37. The summed E-state index contributed by atoms with van der Waals surface area (Å²) in [4.78, 5) is 4.53. The minimum absolute atomic E-state index is 0.216. The van der Waals surface area contributed by atoms with E-state index >= 15 is 0 Å². The summed E-state index contributed by atoms with van der Waals surface area (Å²) in [6, 6.07) is 8.25. The Morgan fingerprint density at radius 1 is 1.10 bits per heavy atom. The van der Waals surface area contributed by atoms with E-state index in [0.717, 1.165) is 37.8 Å². The maximum absolute atomic E-state index is 5.63. The third-order valence-electron chi connectivity index (χ3n) is 2.65. The second-order valence-corrected chi connectivity index (χ2v) is 4.85. The Morgan fingerprint density at radius 3 is 2.20 bits per heavy atom. The van der Waals surface area contributed by atoms with Crippen LogP contribution in [0.2, 0.25) is 0 Å². The van der Waals surface area contributed by atoms with Crippen molar-refractivity contribution in [1.82, 2.24) is 10.6 Å². The fourth-order valence-electron chi connectivity index (χ4n) is 1.81. The molecular formula is C16H27N3O. The van der Waals surface area contributed by atoms with Crippen LogP contribution in [0.25, 0.3) is 0 Å². The van der Waals surface area contributed by atoms with Crippen molar-refractivity contribution in [1.29, 1.82) is 0 Å². The third-order valence-corrected chi connectivity index (χ3v) is 2.65. The molecule has 1 rings (SSSR count). The molecule has 0 aliphatic heterocycles. The van der Waals surface area contributed by atoms with Crippen LogP contribution < -0.4 is 15.4 Å². The highest BCUT2D eigenvalue weighted by Gasteiger charge is 1.99. The molecule has 0 saturated carbocycles. The van der Waals surface area contributed by atoms with Gasteiger partial charge in [-0.05, 0) is 51.8 Å². The van der Waals surface area contributed by atoms with Gasteiger partial charge >= 0.3 is 0 Å². The highest BCUT2D eigenvalue weighted by atomic mass is 16.5. The first-order valence-electron chi connectivity index (χ1n) is 7.43. The highest BCUT2D eigenvalue weighted by molar-refractivity contribution is 5.79. The molecule has 0 atom stereocenters. The summed E-state index contributed by atoms with van der Waals surface area (Å²) >= 11 is 0. The van der Waals surface area contributed by atoms with E-state index in [1.165, 1.54) is 5.56 Å². The van der Waals surface area contributed by atoms with Crippen LogP contribution in [0.5, 0.6) is 5.75 Å². The summed E-state index contributed by atoms with van der Waals surface area (Å²) in [6.45, 7) is 10.7. The van der Waals surface area contributed by atoms with Crippen LogP contribution in [0.4, 0.5) is 0 Å². The monoisotopic (exact) mass is 277 g/mol. The minimum atomic E-state index is 0.216. The second-order valence-electron chi connectivity index (χ2n) is 4.85. The maximum Gasteiger partial charge on any atom is 0.191 e. The Kier molecular flexibility index (Phi) is 7.55. The fraction of sp³-hybridized carbons (Fsp3) is 0.562. The van der Waals surface area contributed by atoms with Gasteiger partial charge < -0.3 is 15.4 Å². The lowest BCUT2D eigenvalue weighted by atomic mass is 10.1. The number of benzene rings is 1. The Labute approximate surface area is 122 Å². The molecule has 1 aromatic rings. The van der Waals surface area contributed by atoms with E-state index in [4.69, 9.17) is 4.74 Å². The molecule has 0 radical (unpaired) electrons. The van der Waals surface area contributed by atoms with E-state index in [1.807, 2.05) is 26.0 Å². The molecule has 0 aromatic heterocycles. The molecule has 0 bridgehead atoms. The van der Waals surface area contributed by atoms with Gasteiger partial charge in [0.2, 0.25) is 0 Å². The van der Waals surface area contributed by atoms with Gasteiger partial charge in [0.1, 0.15) is 5.75 Å². The molecule has 0 spiro atoms. The Hall–Kier alpha value is -1.71. The predicted molar refractivity (Wildman–Crippen MR) is 85.6 cm³/mol. The lowest BCUT2D eigenvalue weighted by Gasteiger charge is -2.10. The van der Waals surface area contributed by atoms with Crippen LogP contribution in [0, 0.1) is 0 Å². The number of hydrogen-bond acceptors (Lipinski definition) is 2. The summed E-state index contributed by atoms with van der Waals surface area (Å²) < 4.78 is 5.63. The van der Waals surface area contributed by atoms with Gasteiger partial charge in [-0.1, -0.05) is 12.1 Å². The predicted octanol–water partition coefficient (Wildman–Crippen LogP) is 2.59. The summed E-state index contributed by atoms with van der Waals surface area (Å²) in [5, 5.41) is 6.44. The zero-order chi connectivity index (χ0) is 14.8. The molecule has 4 heteroatoms. The molecule has 0 unspecified atom stereocenters. The van der Waals surface area contributed by atoms with E-state index in [-0.39, 0.29) is 6.10 Å². The first-order chi connectivity index (χ1) is 9.65. The molecular weight excluding hydrogens is 250 g/mol. The normalized spacial score (nSPS) is 10.2. The molecule has 0 aliphatic carbocycles. The van der Waals surface area contributed by atoms with E-state index in [0.29, 0.717) is 0 Å². The number of rotatable bonds is 7. The van der Waals surface area contributed by atoms with E-state index in [1.54, 1.807) is 0 Å². The number of nitrogens with one attached hydrogen (secondary N) is 2. The van der Waals surface area contributed by atoms with Crippen molar-refractivity contribution >= 4 is 5.96 Å². The summed E-state index contributed by atoms with van der Waals surface area (Å²) in [6.07, 6.45) is 1.15. The number of aliphatic imine (C=N–C) groups is 1. The van der Waals surface area contributed by atoms with Crippen LogP contribution in [-0.4, -0.2) is 31.7 Å². The zero-order valence-corrected chi connectivity index (χ0v) is 13.1. The van der Waals surface area contributed by atoms with Crippen LogP contribution in [-0.2, 0) is 6.42 Å². The molecule has 0 heterocycles. The molecule has 0 amide bonds. The van der Waals surface area contributed by atoms with Crippen molar-refractivity contribution in [3.8, 4) is 5.75 Å². The number of ether oxygens (including phenoxy) is 1. The van der Waals surface area contributed by atoms with Gasteiger partial charge in [-0.3, -0.25) is 4.99 Å². The van der Waals surface area contributed by atoms with Crippen LogP contribution in [0.15, 0.2) is 29.3 Å². The Bertz CT molecular complexity index is 391. The SMILES string of the molecule is CCNC(=NCCc1ccc(OC(C)C)cc1)NCC. The zero-order valence-electron chi connectivity index (χ0n) is 13.1. The second kappa shape index (κ2) is 9.23. The molecule has 1 aromatic carbocycles.